The van der Waals surface area contributed by atoms with Crippen molar-refractivity contribution in [1.29, 1.82) is 0 Å². The summed E-state index contributed by atoms with van der Waals surface area (Å²) in [6, 6.07) is 13.3. The summed E-state index contributed by atoms with van der Waals surface area (Å²) in [7, 11) is -4.13. The minimum absolute atomic E-state index is 0.105. The zero-order valence-electron chi connectivity index (χ0n) is 13.0. The van der Waals surface area contributed by atoms with Gasteiger partial charge in [-0.2, -0.15) is 4.57 Å². The quantitative estimate of drug-likeness (QED) is 0.627. The smallest absolute Gasteiger partial charge is 0.386 e. The summed E-state index contributed by atoms with van der Waals surface area (Å²) < 4.78 is 55.4. The van der Waals surface area contributed by atoms with Crippen LogP contribution >= 0.6 is 7.82 Å². The molecule has 0 amide bonds. The van der Waals surface area contributed by atoms with Gasteiger partial charge in [-0.1, -0.05) is 18.2 Å². The van der Waals surface area contributed by atoms with Gasteiger partial charge in [-0.15, -0.1) is 0 Å². The highest BCUT2D eigenvalue weighted by molar-refractivity contribution is 7.49. The predicted octanol–water partition coefficient (Wildman–Crippen LogP) is 5.59. The number of allylic oxidation sites excluding steroid dienone is 3. The molecule has 0 saturated heterocycles. The molecule has 0 aromatic heterocycles. The maximum atomic E-state index is 13.2. The molecule has 0 fully saturated rings. The lowest BCUT2D eigenvalue weighted by atomic mass is 10.1. The van der Waals surface area contributed by atoms with Crippen molar-refractivity contribution in [3.63, 3.8) is 0 Å². The van der Waals surface area contributed by atoms with Crippen LogP contribution in [0.25, 0.3) is 0 Å². The minimum atomic E-state index is -4.13. The molecule has 2 atom stereocenters. The molecular formula is C18H15F2O4P. The standard InChI is InChI=1S/C18H15F2O4P/c19-14-6-10-17(11-7-14)23-25(21,22-16-4-2-1-3-5-16)24-18-12-8-15(20)9-13-18/h1-8,10-13,15H,9H2. The second-order valence-corrected chi connectivity index (χ2v) is 6.65. The van der Waals surface area contributed by atoms with Crippen molar-refractivity contribution in [1.82, 2.24) is 0 Å². The average Bonchev–Trinajstić information content (AvgIpc) is 2.60. The van der Waals surface area contributed by atoms with Crippen LogP contribution in [0.1, 0.15) is 6.42 Å². The number of hydrogen-bond donors (Lipinski definition) is 0. The number of phosphoric ester groups is 1. The van der Waals surface area contributed by atoms with Gasteiger partial charge in [-0.05, 0) is 54.6 Å². The number of phosphoric acid groups is 1. The molecule has 1 aliphatic carbocycles. The topological polar surface area (TPSA) is 44.8 Å². The van der Waals surface area contributed by atoms with Crippen molar-refractivity contribution >= 4 is 7.82 Å². The van der Waals surface area contributed by atoms with E-state index in [0.717, 1.165) is 12.1 Å². The summed E-state index contributed by atoms with van der Waals surface area (Å²) in [6.07, 6.45) is 3.11. The van der Waals surface area contributed by atoms with Gasteiger partial charge >= 0.3 is 7.82 Å². The Morgan fingerprint density at radius 3 is 2.16 bits per heavy atom. The molecule has 7 heteroatoms. The van der Waals surface area contributed by atoms with Gasteiger partial charge in [0, 0.05) is 6.42 Å². The lowest BCUT2D eigenvalue weighted by Crippen LogP contribution is -2.07. The molecule has 130 valence electrons. The molecule has 0 bridgehead atoms. The molecule has 0 N–H and O–H groups in total. The van der Waals surface area contributed by atoms with Crippen LogP contribution in [-0.4, -0.2) is 6.17 Å². The Hall–Kier alpha value is -2.59. The molecule has 2 unspecified atom stereocenters. The van der Waals surface area contributed by atoms with Gasteiger partial charge in [0.25, 0.3) is 0 Å². The lowest BCUT2D eigenvalue weighted by molar-refractivity contribution is 0.259. The van der Waals surface area contributed by atoms with E-state index in [2.05, 4.69) is 0 Å². The molecule has 2 aromatic carbocycles. The van der Waals surface area contributed by atoms with E-state index >= 15 is 0 Å². The Morgan fingerprint density at radius 2 is 1.56 bits per heavy atom. The number of para-hydroxylation sites is 1. The molecular weight excluding hydrogens is 349 g/mol. The third-order valence-corrected chi connectivity index (χ3v) is 4.53. The fourth-order valence-corrected chi connectivity index (χ4v) is 3.33. The highest BCUT2D eigenvalue weighted by Crippen LogP contribution is 2.51. The number of halogens is 2. The van der Waals surface area contributed by atoms with Crippen LogP contribution in [0.5, 0.6) is 11.5 Å². The van der Waals surface area contributed by atoms with Gasteiger partial charge < -0.3 is 13.6 Å². The predicted molar refractivity (Wildman–Crippen MR) is 89.5 cm³/mol. The van der Waals surface area contributed by atoms with E-state index in [4.69, 9.17) is 13.6 Å². The fourth-order valence-electron chi connectivity index (χ4n) is 2.06. The molecule has 3 rings (SSSR count). The molecule has 4 nitrogen and oxygen atoms in total. The lowest BCUT2D eigenvalue weighted by Gasteiger charge is -2.21. The normalized spacial score (nSPS) is 18.8. The van der Waals surface area contributed by atoms with Crippen LogP contribution in [0, 0.1) is 5.82 Å². The van der Waals surface area contributed by atoms with Gasteiger partial charge in [0.05, 0.1) is 0 Å². The summed E-state index contributed by atoms with van der Waals surface area (Å²) in [5.41, 5.74) is 0. The molecule has 0 saturated carbocycles. The monoisotopic (exact) mass is 364 g/mol. The van der Waals surface area contributed by atoms with E-state index < -0.39 is 19.8 Å². The first-order valence-corrected chi connectivity index (χ1v) is 9.00. The second-order valence-electron chi connectivity index (χ2n) is 5.21. The number of alkyl halides is 1. The summed E-state index contributed by atoms with van der Waals surface area (Å²) in [6.45, 7) is 0. The molecule has 1 aliphatic rings. The average molecular weight is 364 g/mol. The number of rotatable bonds is 6. The molecule has 25 heavy (non-hydrogen) atoms. The van der Waals surface area contributed by atoms with E-state index in [1.165, 1.54) is 30.4 Å². The van der Waals surface area contributed by atoms with Crippen LogP contribution in [0.4, 0.5) is 8.78 Å². The molecule has 2 aromatic rings. The van der Waals surface area contributed by atoms with Crippen LogP contribution in [0.15, 0.2) is 78.6 Å². The molecule has 0 radical (unpaired) electrons. The van der Waals surface area contributed by atoms with Gasteiger partial charge in [0.1, 0.15) is 29.2 Å². The first kappa shape index (κ1) is 17.2. The number of hydrogen-bond acceptors (Lipinski definition) is 4. The zero-order chi connectivity index (χ0) is 17.7. The first-order chi connectivity index (χ1) is 12.0. The van der Waals surface area contributed by atoms with Crippen molar-refractivity contribution in [2.75, 3.05) is 0 Å². The van der Waals surface area contributed by atoms with Gasteiger partial charge in [-0.3, -0.25) is 0 Å². The van der Waals surface area contributed by atoms with Crippen molar-refractivity contribution in [3.8, 4) is 11.5 Å². The third-order valence-electron chi connectivity index (χ3n) is 3.22. The van der Waals surface area contributed by atoms with Crippen molar-refractivity contribution in [2.24, 2.45) is 0 Å². The Labute approximate surface area is 144 Å². The zero-order valence-corrected chi connectivity index (χ0v) is 13.9. The van der Waals surface area contributed by atoms with Crippen LogP contribution < -0.4 is 9.05 Å². The Balaban J connectivity index is 1.83. The van der Waals surface area contributed by atoms with E-state index in [-0.39, 0.29) is 23.7 Å². The Kier molecular flexibility index (Phi) is 5.19. The van der Waals surface area contributed by atoms with E-state index in [1.807, 2.05) is 0 Å². The first-order valence-electron chi connectivity index (χ1n) is 7.54. The van der Waals surface area contributed by atoms with E-state index in [1.54, 1.807) is 30.3 Å². The molecule has 0 spiro atoms. The summed E-state index contributed by atoms with van der Waals surface area (Å²) >= 11 is 0. The Morgan fingerprint density at radius 1 is 0.920 bits per heavy atom. The maximum Gasteiger partial charge on any atom is 0.647 e. The second kappa shape index (κ2) is 7.53. The fraction of sp³-hybridized carbons (Fsp3) is 0.111. The summed E-state index contributed by atoms with van der Waals surface area (Å²) in [5.74, 6) is 0.107. The van der Waals surface area contributed by atoms with Crippen LogP contribution in [0.3, 0.4) is 0 Å². The van der Waals surface area contributed by atoms with Gasteiger partial charge in [-0.25, -0.2) is 8.78 Å². The Bertz CT molecular complexity index is 819. The molecule has 0 heterocycles. The van der Waals surface area contributed by atoms with Crippen molar-refractivity contribution < 1.29 is 26.9 Å². The van der Waals surface area contributed by atoms with Crippen molar-refractivity contribution in [3.05, 3.63) is 84.4 Å². The van der Waals surface area contributed by atoms with Gasteiger partial charge in [0.2, 0.25) is 0 Å². The minimum Gasteiger partial charge on any atom is -0.386 e. The van der Waals surface area contributed by atoms with Crippen molar-refractivity contribution in [2.45, 2.75) is 12.6 Å². The highest BCUT2D eigenvalue weighted by Gasteiger charge is 2.34. The maximum absolute atomic E-state index is 13.2. The SMILES string of the molecule is O=P(OC1=CCC(F)C=C1)(Oc1ccccc1)Oc1ccc(F)cc1. The molecule has 0 aliphatic heterocycles. The summed E-state index contributed by atoms with van der Waals surface area (Å²) in [5, 5.41) is 0. The van der Waals surface area contributed by atoms with E-state index in [9.17, 15) is 13.3 Å². The largest absolute Gasteiger partial charge is 0.647 e. The van der Waals surface area contributed by atoms with Gasteiger partial charge in [0.15, 0.2) is 0 Å². The van der Waals surface area contributed by atoms with E-state index in [0.29, 0.717) is 0 Å². The highest BCUT2D eigenvalue weighted by atomic mass is 31.2. The third kappa shape index (κ3) is 4.94. The summed E-state index contributed by atoms with van der Waals surface area (Å²) in [4.78, 5) is 0. The van der Waals surface area contributed by atoms with Crippen LogP contribution in [-0.2, 0) is 9.09 Å². The number of benzene rings is 2. The van der Waals surface area contributed by atoms with Crippen LogP contribution in [0.2, 0.25) is 0 Å².